The summed E-state index contributed by atoms with van der Waals surface area (Å²) in [4.78, 5) is 17.7. The lowest BCUT2D eigenvalue weighted by Crippen LogP contribution is -2.22. The number of hydrogen-bond acceptors (Lipinski definition) is 4. The minimum absolute atomic E-state index is 0.0635. The molecule has 0 saturated carbocycles. The van der Waals surface area contributed by atoms with Gasteiger partial charge >= 0.3 is 5.97 Å². The van der Waals surface area contributed by atoms with Crippen LogP contribution in [0.5, 0.6) is 0 Å². The van der Waals surface area contributed by atoms with Crippen LogP contribution in [0.2, 0.25) is 0 Å². The highest BCUT2D eigenvalue weighted by Gasteiger charge is 2.19. The second-order valence-electron chi connectivity index (χ2n) is 7.08. The fourth-order valence-corrected chi connectivity index (χ4v) is 3.45. The zero-order valence-corrected chi connectivity index (χ0v) is 18.2. The number of aryl methyl sites for hydroxylation is 2. The number of likely N-dealkylation sites (N-methyl/N-ethyl adjacent to an activating group) is 1. The van der Waals surface area contributed by atoms with Crippen LogP contribution in [-0.2, 0) is 16.1 Å². The first-order valence-corrected chi connectivity index (χ1v) is 9.94. The standard InChI is InChI=1S/C21H25BrN4O2/c1-14-6-5-7-16(12-14)17-8-9-18(23-17)21-20(22)15(2)24-26(21)13-19(27)28-11-10-25(3)4/h5-9,12,23H,10-11,13H2,1-4H3. The van der Waals surface area contributed by atoms with Crippen LogP contribution in [0.25, 0.3) is 22.6 Å². The van der Waals surface area contributed by atoms with E-state index in [1.54, 1.807) is 4.68 Å². The molecule has 6 nitrogen and oxygen atoms in total. The van der Waals surface area contributed by atoms with E-state index in [1.165, 1.54) is 5.56 Å². The summed E-state index contributed by atoms with van der Waals surface area (Å²) in [5, 5.41) is 4.50. The highest BCUT2D eigenvalue weighted by molar-refractivity contribution is 9.10. The first kappa shape index (κ1) is 20.4. The van der Waals surface area contributed by atoms with Gasteiger partial charge in [0.1, 0.15) is 13.2 Å². The van der Waals surface area contributed by atoms with Crippen molar-refractivity contribution >= 4 is 21.9 Å². The van der Waals surface area contributed by atoms with Crippen molar-refractivity contribution in [2.45, 2.75) is 20.4 Å². The maximum absolute atomic E-state index is 12.2. The Hall–Kier alpha value is -2.38. The quantitative estimate of drug-likeness (QED) is 0.558. The van der Waals surface area contributed by atoms with Crippen molar-refractivity contribution in [3.05, 3.63) is 52.1 Å². The molecule has 0 unspecified atom stereocenters. The molecule has 0 fully saturated rings. The fourth-order valence-electron chi connectivity index (χ4n) is 2.96. The number of carbonyl (C=O) groups excluding carboxylic acids is 1. The number of benzene rings is 1. The van der Waals surface area contributed by atoms with E-state index in [0.29, 0.717) is 13.2 Å². The molecular formula is C21H25BrN4O2. The van der Waals surface area contributed by atoms with E-state index in [0.717, 1.165) is 32.8 Å². The van der Waals surface area contributed by atoms with Crippen LogP contribution in [0.15, 0.2) is 40.9 Å². The minimum Gasteiger partial charge on any atom is -0.463 e. The highest BCUT2D eigenvalue weighted by atomic mass is 79.9. The largest absolute Gasteiger partial charge is 0.463 e. The number of rotatable bonds is 7. The summed E-state index contributed by atoms with van der Waals surface area (Å²) in [5.41, 5.74) is 5.89. The van der Waals surface area contributed by atoms with Gasteiger partial charge in [-0.1, -0.05) is 23.8 Å². The Morgan fingerprint density at radius 3 is 2.68 bits per heavy atom. The van der Waals surface area contributed by atoms with Crippen LogP contribution in [0.4, 0.5) is 0 Å². The number of halogens is 1. The van der Waals surface area contributed by atoms with Gasteiger partial charge in [-0.05, 0) is 67.6 Å². The van der Waals surface area contributed by atoms with E-state index in [2.05, 4.69) is 51.1 Å². The van der Waals surface area contributed by atoms with Gasteiger partial charge in [-0.15, -0.1) is 0 Å². The topological polar surface area (TPSA) is 63.2 Å². The molecule has 3 aromatic rings. The van der Waals surface area contributed by atoms with Gasteiger partial charge < -0.3 is 14.6 Å². The smallest absolute Gasteiger partial charge is 0.327 e. The van der Waals surface area contributed by atoms with Gasteiger partial charge in [0.2, 0.25) is 0 Å². The van der Waals surface area contributed by atoms with Crippen LogP contribution in [0, 0.1) is 13.8 Å². The third-order valence-electron chi connectivity index (χ3n) is 4.40. The van der Waals surface area contributed by atoms with Crippen molar-refractivity contribution in [3.8, 4) is 22.6 Å². The normalized spacial score (nSPS) is 11.2. The Labute approximate surface area is 173 Å². The lowest BCUT2D eigenvalue weighted by Gasteiger charge is -2.11. The molecule has 0 aliphatic rings. The lowest BCUT2D eigenvalue weighted by atomic mass is 10.1. The van der Waals surface area contributed by atoms with Crippen molar-refractivity contribution in [2.75, 3.05) is 27.2 Å². The van der Waals surface area contributed by atoms with Gasteiger partial charge in [-0.3, -0.25) is 9.48 Å². The van der Waals surface area contributed by atoms with Crippen LogP contribution in [0.3, 0.4) is 0 Å². The molecule has 0 spiro atoms. The number of hydrogen-bond donors (Lipinski definition) is 1. The predicted octanol–water partition coefficient (Wildman–Crippen LogP) is 4.03. The molecule has 7 heteroatoms. The van der Waals surface area contributed by atoms with E-state index >= 15 is 0 Å². The van der Waals surface area contributed by atoms with Crippen molar-refractivity contribution < 1.29 is 9.53 Å². The molecule has 0 aliphatic heterocycles. The van der Waals surface area contributed by atoms with Gasteiger partial charge in [0.05, 0.1) is 21.6 Å². The van der Waals surface area contributed by atoms with Gasteiger partial charge in [-0.2, -0.15) is 5.10 Å². The molecule has 3 rings (SSSR count). The van der Waals surface area contributed by atoms with Crippen molar-refractivity contribution in [3.63, 3.8) is 0 Å². The lowest BCUT2D eigenvalue weighted by molar-refractivity contribution is -0.144. The monoisotopic (exact) mass is 444 g/mol. The van der Waals surface area contributed by atoms with E-state index < -0.39 is 0 Å². The van der Waals surface area contributed by atoms with Crippen molar-refractivity contribution in [1.29, 1.82) is 0 Å². The number of nitrogens with zero attached hydrogens (tertiary/aromatic N) is 3. The average Bonchev–Trinajstić information content (AvgIpc) is 3.20. The van der Waals surface area contributed by atoms with E-state index in [9.17, 15) is 4.79 Å². The number of esters is 1. The SMILES string of the molecule is Cc1cccc(-c2ccc(-c3c(Br)c(C)nn3CC(=O)OCCN(C)C)[nH]2)c1. The molecule has 1 aromatic carbocycles. The molecule has 0 saturated heterocycles. The minimum atomic E-state index is -0.302. The summed E-state index contributed by atoms with van der Waals surface area (Å²) < 4.78 is 7.87. The molecule has 0 atom stereocenters. The summed E-state index contributed by atoms with van der Waals surface area (Å²) in [6.45, 7) is 5.10. The number of carbonyl (C=O) groups is 1. The van der Waals surface area contributed by atoms with Crippen molar-refractivity contribution in [1.82, 2.24) is 19.7 Å². The van der Waals surface area contributed by atoms with Crippen LogP contribution in [-0.4, -0.2) is 52.9 Å². The van der Waals surface area contributed by atoms with E-state index in [4.69, 9.17) is 4.74 Å². The molecule has 2 aromatic heterocycles. The molecule has 0 bridgehead atoms. The Bertz CT molecular complexity index is 975. The number of aromatic amines is 1. The molecule has 0 amide bonds. The Balaban J connectivity index is 1.84. The zero-order valence-electron chi connectivity index (χ0n) is 16.6. The first-order valence-electron chi connectivity index (χ1n) is 9.15. The molecule has 28 heavy (non-hydrogen) atoms. The second-order valence-corrected chi connectivity index (χ2v) is 7.88. The summed E-state index contributed by atoms with van der Waals surface area (Å²) >= 11 is 3.61. The third kappa shape index (κ3) is 4.72. The molecule has 1 N–H and O–H groups in total. The molecule has 2 heterocycles. The maximum atomic E-state index is 12.2. The summed E-state index contributed by atoms with van der Waals surface area (Å²) in [5.74, 6) is -0.302. The predicted molar refractivity (Wildman–Crippen MR) is 114 cm³/mol. The Kier molecular flexibility index (Phi) is 6.36. The zero-order chi connectivity index (χ0) is 20.3. The highest BCUT2D eigenvalue weighted by Crippen LogP contribution is 2.32. The maximum Gasteiger partial charge on any atom is 0.327 e. The number of aromatic nitrogens is 3. The second kappa shape index (κ2) is 8.75. The van der Waals surface area contributed by atoms with E-state index in [-0.39, 0.29) is 12.5 Å². The van der Waals surface area contributed by atoms with Crippen LogP contribution in [0.1, 0.15) is 11.3 Å². The summed E-state index contributed by atoms with van der Waals surface area (Å²) in [6.07, 6.45) is 0. The number of ether oxygens (including phenoxy) is 1. The molecular weight excluding hydrogens is 420 g/mol. The Morgan fingerprint density at radius 1 is 1.21 bits per heavy atom. The van der Waals surface area contributed by atoms with Gasteiger partial charge in [0.15, 0.2) is 0 Å². The summed E-state index contributed by atoms with van der Waals surface area (Å²) in [7, 11) is 3.88. The Morgan fingerprint density at radius 2 is 1.96 bits per heavy atom. The van der Waals surface area contributed by atoms with Gasteiger partial charge in [-0.25, -0.2) is 0 Å². The van der Waals surface area contributed by atoms with Crippen LogP contribution >= 0.6 is 15.9 Å². The number of H-pyrrole nitrogens is 1. The van der Waals surface area contributed by atoms with E-state index in [1.807, 2.05) is 44.1 Å². The molecule has 148 valence electrons. The first-order chi connectivity index (χ1) is 13.3. The third-order valence-corrected chi connectivity index (χ3v) is 5.35. The van der Waals surface area contributed by atoms with Gasteiger partial charge in [0.25, 0.3) is 0 Å². The molecule has 0 radical (unpaired) electrons. The average molecular weight is 445 g/mol. The van der Waals surface area contributed by atoms with Crippen molar-refractivity contribution in [2.24, 2.45) is 0 Å². The summed E-state index contributed by atoms with van der Waals surface area (Å²) in [6, 6.07) is 12.4. The van der Waals surface area contributed by atoms with Crippen LogP contribution < -0.4 is 0 Å². The van der Waals surface area contributed by atoms with Gasteiger partial charge in [0, 0.05) is 12.2 Å². The fraction of sp³-hybridized carbons (Fsp3) is 0.333. The molecule has 0 aliphatic carbocycles. The number of nitrogens with one attached hydrogen (secondary N) is 1.